The van der Waals surface area contributed by atoms with Crippen molar-refractivity contribution in [3.63, 3.8) is 0 Å². The van der Waals surface area contributed by atoms with Gasteiger partial charge in [0.2, 0.25) is 5.95 Å². The number of aromatic nitrogens is 6. The second kappa shape index (κ2) is 8.83. The van der Waals surface area contributed by atoms with Crippen molar-refractivity contribution in [2.75, 3.05) is 24.8 Å². The van der Waals surface area contributed by atoms with E-state index < -0.39 is 0 Å². The van der Waals surface area contributed by atoms with Crippen LogP contribution >= 0.6 is 0 Å². The molecule has 0 amide bonds. The lowest BCUT2D eigenvalue weighted by Crippen LogP contribution is -2.61. The maximum atomic E-state index is 5.48. The highest BCUT2D eigenvalue weighted by molar-refractivity contribution is 5.62. The monoisotopic (exact) mass is 465 g/mol. The van der Waals surface area contributed by atoms with E-state index in [0.717, 1.165) is 35.6 Å². The first kappa shape index (κ1) is 23.9. The average Bonchev–Trinajstić information content (AvgIpc) is 3.19. The van der Waals surface area contributed by atoms with E-state index in [1.165, 1.54) is 0 Å². The minimum Gasteiger partial charge on any atom is -0.497 e. The van der Waals surface area contributed by atoms with E-state index >= 15 is 0 Å². The van der Waals surface area contributed by atoms with Crippen molar-refractivity contribution in [3.05, 3.63) is 35.8 Å². The van der Waals surface area contributed by atoms with Crippen LogP contribution in [-0.2, 0) is 0 Å². The molecule has 1 aliphatic heterocycles. The molecular weight excluding hydrogens is 430 g/mol. The van der Waals surface area contributed by atoms with Crippen molar-refractivity contribution in [2.45, 2.75) is 71.5 Å². The number of benzene rings is 1. The summed E-state index contributed by atoms with van der Waals surface area (Å²) in [6, 6.07) is 6.01. The maximum Gasteiger partial charge on any atom is 0.229 e. The van der Waals surface area contributed by atoms with Crippen LogP contribution < -0.4 is 15.4 Å². The van der Waals surface area contributed by atoms with Gasteiger partial charge in [-0.1, -0.05) is 0 Å². The molecule has 0 saturated carbocycles. The Bertz CT molecular complexity index is 1150. The number of tetrazole rings is 1. The number of anilines is 3. The normalized spacial score (nSPS) is 18.0. The van der Waals surface area contributed by atoms with E-state index in [-0.39, 0.29) is 11.1 Å². The number of piperidine rings is 1. The van der Waals surface area contributed by atoms with Crippen LogP contribution in [0.5, 0.6) is 5.75 Å². The lowest BCUT2D eigenvalue weighted by molar-refractivity contribution is -0.00773. The molecule has 1 saturated heterocycles. The Balaban J connectivity index is 1.58. The van der Waals surface area contributed by atoms with Crippen molar-refractivity contribution in [3.8, 4) is 11.4 Å². The second-order valence-electron chi connectivity index (χ2n) is 10.3. The van der Waals surface area contributed by atoms with Gasteiger partial charge >= 0.3 is 0 Å². The van der Waals surface area contributed by atoms with E-state index in [9.17, 15) is 0 Å². The zero-order valence-electron chi connectivity index (χ0n) is 21.3. The minimum atomic E-state index is 0.0901. The van der Waals surface area contributed by atoms with Crippen LogP contribution in [0, 0.1) is 13.8 Å². The number of hydrogen-bond donors (Lipinski definition) is 2. The lowest BCUT2D eigenvalue weighted by Gasteiger charge is -2.53. The number of likely N-dealkylation sites (tertiary alicyclic amines) is 1. The first-order valence-electron chi connectivity index (χ1n) is 11.5. The zero-order valence-corrected chi connectivity index (χ0v) is 21.3. The lowest BCUT2D eigenvalue weighted by atomic mass is 9.77. The molecule has 2 aromatic heterocycles. The summed E-state index contributed by atoms with van der Waals surface area (Å²) in [4.78, 5) is 11.8. The van der Waals surface area contributed by atoms with E-state index in [1.807, 2.05) is 38.2 Å². The van der Waals surface area contributed by atoms with Gasteiger partial charge in [0.1, 0.15) is 11.6 Å². The van der Waals surface area contributed by atoms with Crippen LogP contribution in [0.25, 0.3) is 5.69 Å². The Morgan fingerprint density at radius 1 is 1.06 bits per heavy atom. The molecule has 0 bridgehead atoms. The Hall–Kier alpha value is -3.27. The molecule has 0 aliphatic carbocycles. The molecule has 1 fully saturated rings. The molecule has 0 radical (unpaired) electrons. The fraction of sp³-hybridized carbons (Fsp3) is 0.542. The van der Waals surface area contributed by atoms with Gasteiger partial charge in [-0.05, 0) is 77.9 Å². The first-order chi connectivity index (χ1) is 16.0. The summed E-state index contributed by atoms with van der Waals surface area (Å²) in [5.74, 6) is 2.71. The maximum absolute atomic E-state index is 5.48. The predicted octanol–water partition coefficient (Wildman–Crippen LogP) is 3.88. The number of rotatable bonds is 6. The highest BCUT2D eigenvalue weighted by Crippen LogP contribution is 2.38. The average molecular weight is 466 g/mol. The Morgan fingerprint density at radius 2 is 1.76 bits per heavy atom. The van der Waals surface area contributed by atoms with Gasteiger partial charge in [-0.2, -0.15) is 9.67 Å². The Labute approximate surface area is 201 Å². The van der Waals surface area contributed by atoms with E-state index in [0.29, 0.717) is 23.6 Å². The third-order valence-electron chi connectivity index (χ3n) is 6.87. The number of ether oxygens (including phenoxy) is 1. The van der Waals surface area contributed by atoms with Gasteiger partial charge < -0.3 is 15.4 Å². The fourth-order valence-electron chi connectivity index (χ4n) is 4.81. The molecule has 10 nitrogen and oxygen atoms in total. The highest BCUT2D eigenvalue weighted by atomic mass is 16.5. The fourth-order valence-corrected chi connectivity index (χ4v) is 4.81. The Kier molecular flexibility index (Phi) is 6.20. The summed E-state index contributed by atoms with van der Waals surface area (Å²) in [7, 11) is 3.85. The molecule has 3 heterocycles. The van der Waals surface area contributed by atoms with Crippen LogP contribution in [0.15, 0.2) is 24.4 Å². The van der Waals surface area contributed by atoms with Crippen molar-refractivity contribution >= 4 is 17.5 Å². The molecule has 182 valence electrons. The summed E-state index contributed by atoms with van der Waals surface area (Å²) in [5, 5.41) is 18.8. The van der Waals surface area contributed by atoms with Gasteiger partial charge in [-0.3, -0.25) is 4.90 Å². The third kappa shape index (κ3) is 4.82. The number of nitrogens with zero attached hydrogens (tertiary/aromatic N) is 7. The van der Waals surface area contributed by atoms with Crippen LogP contribution in [-0.4, -0.2) is 66.4 Å². The van der Waals surface area contributed by atoms with Gasteiger partial charge in [0.05, 0.1) is 12.8 Å². The highest BCUT2D eigenvalue weighted by Gasteiger charge is 2.43. The summed E-state index contributed by atoms with van der Waals surface area (Å²) in [6.45, 7) is 13.1. The van der Waals surface area contributed by atoms with Crippen LogP contribution in [0.3, 0.4) is 0 Å². The molecule has 4 rings (SSSR count). The predicted molar refractivity (Wildman–Crippen MR) is 133 cm³/mol. The van der Waals surface area contributed by atoms with Crippen LogP contribution in [0.2, 0.25) is 0 Å². The van der Waals surface area contributed by atoms with Gasteiger partial charge in [0.15, 0.2) is 5.82 Å². The minimum absolute atomic E-state index is 0.0901. The van der Waals surface area contributed by atoms with Gasteiger partial charge in [-0.25, -0.2) is 4.98 Å². The summed E-state index contributed by atoms with van der Waals surface area (Å²) < 4.78 is 7.14. The van der Waals surface area contributed by atoms with Crippen LogP contribution in [0.1, 0.15) is 51.9 Å². The SMILES string of the molecule is COc1cc(Nc2ncc(C)c(NC3CC(C)(C)N(C)C(C)(C)C3)n2)cc(-n2nnnc2C)c1. The molecule has 1 aromatic carbocycles. The molecular formula is C24H35N9O. The molecule has 34 heavy (non-hydrogen) atoms. The van der Waals surface area contributed by atoms with Gasteiger partial charge in [0, 0.05) is 46.7 Å². The largest absolute Gasteiger partial charge is 0.497 e. The topological polar surface area (TPSA) is 106 Å². The second-order valence-corrected chi connectivity index (χ2v) is 10.3. The van der Waals surface area contributed by atoms with Crippen molar-refractivity contribution in [1.82, 2.24) is 35.1 Å². The number of methoxy groups -OCH3 is 1. The molecule has 0 atom stereocenters. The van der Waals surface area contributed by atoms with Crippen molar-refractivity contribution in [1.29, 1.82) is 0 Å². The molecule has 0 unspecified atom stereocenters. The van der Waals surface area contributed by atoms with E-state index in [2.05, 4.69) is 70.8 Å². The van der Waals surface area contributed by atoms with E-state index in [1.54, 1.807) is 11.8 Å². The number of aryl methyl sites for hydroxylation is 2. The standard InChI is InChI=1S/C24H35N9O/c1-15-14-25-22(28-21(15)26-18-12-23(3,4)32(7)24(5,6)13-18)27-17-9-19(11-20(10-17)34-8)33-16(2)29-30-31-33/h9-11,14,18H,12-13H2,1-8H3,(H2,25,26,27,28). The van der Waals surface area contributed by atoms with E-state index in [4.69, 9.17) is 9.72 Å². The molecule has 1 aliphatic rings. The molecule has 3 aromatic rings. The smallest absolute Gasteiger partial charge is 0.229 e. The van der Waals surface area contributed by atoms with Gasteiger partial charge in [-0.15, -0.1) is 5.10 Å². The first-order valence-corrected chi connectivity index (χ1v) is 11.5. The Morgan fingerprint density at radius 3 is 2.38 bits per heavy atom. The summed E-state index contributed by atoms with van der Waals surface area (Å²) >= 11 is 0. The summed E-state index contributed by atoms with van der Waals surface area (Å²) in [6.07, 6.45) is 3.91. The number of hydrogen-bond acceptors (Lipinski definition) is 9. The third-order valence-corrected chi connectivity index (χ3v) is 6.87. The molecule has 0 spiro atoms. The van der Waals surface area contributed by atoms with Crippen molar-refractivity contribution < 1.29 is 4.74 Å². The summed E-state index contributed by atoms with van der Waals surface area (Å²) in [5.41, 5.74) is 2.75. The van der Waals surface area contributed by atoms with Crippen LogP contribution in [0.4, 0.5) is 17.5 Å². The zero-order chi connectivity index (χ0) is 24.7. The van der Waals surface area contributed by atoms with Crippen molar-refractivity contribution in [2.24, 2.45) is 0 Å². The molecule has 2 N–H and O–H groups in total. The molecule has 10 heteroatoms. The van der Waals surface area contributed by atoms with Gasteiger partial charge in [0.25, 0.3) is 0 Å². The quantitative estimate of drug-likeness (QED) is 0.561. The number of nitrogens with one attached hydrogen (secondary N) is 2.